The van der Waals surface area contributed by atoms with E-state index in [4.69, 9.17) is 18.5 Å². The second kappa shape index (κ2) is 11.5. The zero-order valence-electron chi connectivity index (χ0n) is 23.6. The van der Waals surface area contributed by atoms with Crippen LogP contribution in [0.4, 0.5) is 0 Å². The van der Waals surface area contributed by atoms with E-state index in [0.717, 1.165) is 30.6 Å². The fourth-order valence-corrected chi connectivity index (χ4v) is 8.76. The van der Waals surface area contributed by atoms with Gasteiger partial charge in [0.2, 0.25) is 0 Å². The number of esters is 1. The minimum absolute atomic E-state index is 0.138. The molecule has 0 N–H and O–H groups in total. The van der Waals surface area contributed by atoms with Gasteiger partial charge in [0.1, 0.15) is 11.9 Å². The van der Waals surface area contributed by atoms with Crippen molar-refractivity contribution in [3.8, 4) is 5.75 Å². The summed E-state index contributed by atoms with van der Waals surface area (Å²) < 4.78 is 37.6. The van der Waals surface area contributed by atoms with Crippen molar-refractivity contribution in [3.05, 3.63) is 65.7 Å². The quantitative estimate of drug-likeness (QED) is 0.216. The third-order valence-electron chi connectivity index (χ3n) is 8.65. The van der Waals surface area contributed by atoms with Gasteiger partial charge in [-0.1, -0.05) is 69.7 Å². The average molecular weight is 543 g/mol. The lowest BCUT2D eigenvalue weighted by Gasteiger charge is -2.44. The van der Waals surface area contributed by atoms with Gasteiger partial charge in [-0.05, 0) is 67.7 Å². The van der Waals surface area contributed by atoms with Gasteiger partial charge in [0, 0.05) is 11.8 Å². The molecule has 2 aliphatic carbocycles. The molecule has 5 atom stereocenters. The van der Waals surface area contributed by atoms with E-state index in [0.29, 0.717) is 12.3 Å². The van der Waals surface area contributed by atoms with Crippen molar-refractivity contribution < 1.29 is 27.9 Å². The molecule has 0 aliphatic heterocycles. The smallest absolute Gasteiger partial charge is 0.348 e. The fourth-order valence-electron chi connectivity index (χ4n) is 6.34. The van der Waals surface area contributed by atoms with Crippen LogP contribution >= 0.6 is 7.60 Å². The summed E-state index contributed by atoms with van der Waals surface area (Å²) in [5.41, 5.74) is 1.94. The van der Waals surface area contributed by atoms with Crippen LogP contribution in [0.2, 0.25) is 0 Å². The molecule has 2 aromatic carbocycles. The molecule has 208 valence electrons. The van der Waals surface area contributed by atoms with Crippen LogP contribution in [0.5, 0.6) is 5.75 Å². The van der Waals surface area contributed by atoms with Crippen LogP contribution in [0.1, 0.15) is 77.3 Å². The van der Waals surface area contributed by atoms with Crippen molar-refractivity contribution in [3.63, 3.8) is 0 Å². The van der Waals surface area contributed by atoms with Crippen molar-refractivity contribution in [1.29, 1.82) is 0 Å². The van der Waals surface area contributed by atoms with E-state index < -0.39 is 18.7 Å². The van der Waals surface area contributed by atoms with Gasteiger partial charge in [0.05, 0.1) is 20.3 Å². The normalized spacial score (nSPS) is 27.5. The molecule has 2 aliphatic rings. The monoisotopic (exact) mass is 542 g/mol. The summed E-state index contributed by atoms with van der Waals surface area (Å²) in [6, 6.07) is 18.0. The van der Waals surface area contributed by atoms with Crippen LogP contribution in [-0.4, -0.2) is 37.6 Å². The zero-order valence-corrected chi connectivity index (χ0v) is 24.5. The number of carbonyl (C=O) groups is 1. The molecule has 0 unspecified atom stereocenters. The lowest BCUT2D eigenvalue weighted by molar-refractivity contribution is -0.157. The highest BCUT2D eigenvalue weighted by molar-refractivity contribution is 7.57. The fraction of sp³-hybridized carbons (Fsp3) is 0.581. The molecule has 0 heterocycles. The van der Waals surface area contributed by atoms with E-state index in [-0.39, 0.29) is 36.6 Å². The van der Waals surface area contributed by atoms with Gasteiger partial charge >= 0.3 is 13.6 Å². The number of hydrogen-bond acceptors (Lipinski definition) is 6. The van der Waals surface area contributed by atoms with Crippen LogP contribution in [0, 0.1) is 11.8 Å². The topological polar surface area (TPSA) is 71.1 Å². The summed E-state index contributed by atoms with van der Waals surface area (Å²) in [4.78, 5) is 14.2. The van der Waals surface area contributed by atoms with Crippen molar-refractivity contribution >= 4 is 13.6 Å². The maximum Gasteiger partial charge on any atom is 0.348 e. The molecule has 2 fully saturated rings. The van der Waals surface area contributed by atoms with Crippen molar-refractivity contribution in [2.75, 3.05) is 20.3 Å². The van der Waals surface area contributed by atoms with Crippen molar-refractivity contribution in [1.82, 2.24) is 0 Å². The Morgan fingerprint density at radius 1 is 1.00 bits per heavy atom. The number of methoxy groups -OCH3 is 1. The molecule has 2 saturated carbocycles. The Labute approximate surface area is 227 Å². The van der Waals surface area contributed by atoms with Crippen LogP contribution in [0.25, 0.3) is 0 Å². The molecule has 0 aromatic heterocycles. The minimum Gasteiger partial charge on any atom is -0.497 e. The standard InChI is InChI=1S/C31H43O6P/c1-7-35-38(33,36-8-2)31(21-27(31)23-15-17-25(34-6)18-16-23)29(32)37-28-20-22(3)14-19-26(28)30(4,5)24-12-10-9-11-13-24/h9-13,15-18,22,26-28H,7-8,14,19-21H2,1-6H3/t22-,26-,27+,28-,31-/m1/s1. The third kappa shape index (κ3) is 5.33. The molecule has 0 amide bonds. The first kappa shape index (κ1) is 28.9. The highest BCUT2D eigenvalue weighted by Gasteiger charge is 2.75. The first-order valence-corrected chi connectivity index (χ1v) is 15.5. The summed E-state index contributed by atoms with van der Waals surface area (Å²) in [5, 5.41) is -1.35. The summed E-state index contributed by atoms with van der Waals surface area (Å²) in [6.45, 7) is 10.6. The number of hydrogen-bond donors (Lipinski definition) is 0. The number of rotatable bonds is 11. The number of ether oxygens (including phenoxy) is 2. The number of benzene rings is 2. The molecule has 7 heteroatoms. The molecule has 0 saturated heterocycles. The van der Waals surface area contributed by atoms with Crippen LogP contribution in [0.15, 0.2) is 54.6 Å². The summed E-state index contributed by atoms with van der Waals surface area (Å²) in [7, 11) is -2.20. The van der Waals surface area contributed by atoms with Crippen molar-refractivity contribution in [2.45, 2.75) is 82.9 Å². The van der Waals surface area contributed by atoms with Crippen LogP contribution in [-0.2, 0) is 28.6 Å². The van der Waals surface area contributed by atoms with Gasteiger partial charge in [-0.25, -0.2) is 0 Å². The Balaban J connectivity index is 1.68. The van der Waals surface area contributed by atoms with E-state index >= 15 is 0 Å². The van der Waals surface area contributed by atoms with Gasteiger partial charge in [-0.2, -0.15) is 0 Å². The Morgan fingerprint density at radius 2 is 1.63 bits per heavy atom. The molecular weight excluding hydrogens is 499 g/mol. The lowest BCUT2D eigenvalue weighted by Crippen LogP contribution is -2.45. The molecular formula is C31H43O6P. The summed E-state index contributed by atoms with van der Waals surface area (Å²) in [6.07, 6.45) is 2.91. The molecule has 4 rings (SSSR count). The van der Waals surface area contributed by atoms with Gasteiger partial charge in [0.25, 0.3) is 0 Å². The Bertz CT molecular complexity index is 1120. The maximum absolute atomic E-state index is 14.3. The zero-order chi connectivity index (χ0) is 27.6. The van der Waals surface area contributed by atoms with Crippen LogP contribution in [0.3, 0.4) is 0 Å². The van der Waals surface area contributed by atoms with Crippen LogP contribution < -0.4 is 4.74 Å². The third-order valence-corrected chi connectivity index (χ3v) is 11.5. The maximum atomic E-state index is 14.3. The van der Waals surface area contributed by atoms with Gasteiger partial charge in [-0.3, -0.25) is 9.36 Å². The molecule has 6 nitrogen and oxygen atoms in total. The highest BCUT2D eigenvalue weighted by atomic mass is 31.2. The Hall–Kier alpha value is -2.14. The molecule has 38 heavy (non-hydrogen) atoms. The Morgan fingerprint density at radius 3 is 2.21 bits per heavy atom. The average Bonchev–Trinajstić information content (AvgIpc) is 3.67. The second-order valence-corrected chi connectivity index (χ2v) is 13.7. The lowest BCUT2D eigenvalue weighted by atomic mass is 9.64. The van der Waals surface area contributed by atoms with E-state index in [9.17, 15) is 9.36 Å². The van der Waals surface area contributed by atoms with Gasteiger partial charge in [-0.15, -0.1) is 0 Å². The van der Waals surface area contributed by atoms with Crippen molar-refractivity contribution in [2.24, 2.45) is 11.8 Å². The predicted octanol–water partition coefficient (Wildman–Crippen LogP) is 7.51. The first-order valence-electron chi connectivity index (χ1n) is 13.9. The Kier molecular flexibility index (Phi) is 8.76. The first-order chi connectivity index (χ1) is 18.1. The second-order valence-electron chi connectivity index (χ2n) is 11.3. The largest absolute Gasteiger partial charge is 0.497 e. The molecule has 0 radical (unpaired) electrons. The van der Waals surface area contributed by atoms with E-state index in [1.165, 1.54) is 5.56 Å². The summed E-state index contributed by atoms with van der Waals surface area (Å²) in [5.74, 6) is 0.526. The van der Waals surface area contributed by atoms with E-state index in [1.54, 1.807) is 21.0 Å². The summed E-state index contributed by atoms with van der Waals surface area (Å²) >= 11 is 0. The van der Waals surface area contributed by atoms with E-state index in [1.807, 2.05) is 30.3 Å². The predicted molar refractivity (Wildman–Crippen MR) is 150 cm³/mol. The number of carbonyl (C=O) groups excluding carboxylic acids is 1. The molecule has 2 aromatic rings. The molecule has 0 spiro atoms. The van der Waals surface area contributed by atoms with Gasteiger partial charge < -0.3 is 18.5 Å². The van der Waals surface area contributed by atoms with E-state index in [2.05, 4.69) is 45.0 Å². The molecule has 0 bridgehead atoms. The minimum atomic E-state index is -3.81. The van der Waals surface area contributed by atoms with Gasteiger partial charge in [0.15, 0.2) is 5.16 Å². The highest BCUT2D eigenvalue weighted by Crippen LogP contribution is 2.77. The SMILES string of the molecule is CCOP(=O)(OCC)[C@]1(C(=O)O[C@@H]2C[C@H](C)CC[C@H]2C(C)(C)c2ccccc2)C[C@H]1c1ccc(OC)cc1.